The van der Waals surface area contributed by atoms with Gasteiger partial charge in [-0.3, -0.25) is 9.59 Å². The predicted molar refractivity (Wildman–Crippen MR) is 96.1 cm³/mol. The molecule has 134 valence electrons. The summed E-state index contributed by atoms with van der Waals surface area (Å²) in [7, 11) is 0. The first-order chi connectivity index (χ1) is 11.2. The minimum Gasteiger partial charge on any atom is -0.465 e. The van der Waals surface area contributed by atoms with Gasteiger partial charge in [-0.2, -0.15) is 0 Å². The maximum atomic E-state index is 14.0. The summed E-state index contributed by atoms with van der Waals surface area (Å²) in [6.45, 7) is 7.73. The molecule has 0 heterocycles. The van der Waals surface area contributed by atoms with Gasteiger partial charge in [-0.1, -0.05) is 25.4 Å². The normalized spacial score (nSPS) is 12.1. The van der Waals surface area contributed by atoms with Gasteiger partial charge in [0.2, 0.25) is 5.91 Å². The summed E-state index contributed by atoms with van der Waals surface area (Å²) in [5.41, 5.74) is 0.0618. The van der Waals surface area contributed by atoms with Crippen molar-refractivity contribution in [2.24, 2.45) is 5.92 Å². The smallest absolute Gasteiger partial charge is 0.319 e. The molecule has 0 saturated heterocycles. The third-order valence-electron chi connectivity index (χ3n) is 3.17. The molecule has 4 nitrogen and oxygen atoms in total. The van der Waals surface area contributed by atoms with E-state index in [1.165, 1.54) is 6.07 Å². The van der Waals surface area contributed by atoms with Crippen molar-refractivity contribution in [2.75, 3.05) is 11.9 Å². The van der Waals surface area contributed by atoms with Gasteiger partial charge < -0.3 is 10.1 Å². The molecular formula is C17H23ClFNO3S. The summed E-state index contributed by atoms with van der Waals surface area (Å²) in [6, 6.07) is 2.59. The minimum atomic E-state index is -0.606. The van der Waals surface area contributed by atoms with Gasteiger partial charge in [0, 0.05) is 11.3 Å². The van der Waals surface area contributed by atoms with Crippen molar-refractivity contribution in [3.63, 3.8) is 0 Å². The van der Waals surface area contributed by atoms with Gasteiger partial charge in [0.1, 0.15) is 11.1 Å². The second-order valence-corrected chi connectivity index (χ2v) is 7.55. The molecule has 0 saturated carbocycles. The van der Waals surface area contributed by atoms with Crippen LogP contribution in [0.5, 0.6) is 0 Å². The van der Waals surface area contributed by atoms with Gasteiger partial charge in [-0.25, -0.2) is 4.39 Å². The number of halogens is 2. The highest BCUT2D eigenvalue weighted by Crippen LogP contribution is 2.34. The Balaban J connectivity index is 2.85. The third-order valence-corrected chi connectivity index (χ3v) is 4.73. The van der Waals surface area contributed by atoms with Crippen LogP contribution >= 0.6 is 23.4 Å². The summed E-state index contributed by atoms with van der Waals surface area (Å²) in [6.07, 6.45) is 1.05. The fourth-order valence-corrected chi connectivity index (χ4v) is 3.03. The number of hydrogen-bond acceptors (Lipinski definition) is 4. The van der Waals surface area contributed by atoms with E-state index in [-0.39, 0.29) is 29.2 Å². The van der Waals surface area contributed by atoms with E-state index in [0.717, 1.165) is 24.2 Å². The van der Waals surface area contributed by atoms with E-state index in [0.29, 0.717) is 17.2 Å². The van der Waals surface area contributed by atoms with Crippen LogP contribution in [0.4, 0.5) is 10.1 Å². The first-order valence-electron chi connectivity index (χ1n) is 7.86. The Morgan fingerprint density at radius 2 is 2.00 bits per heavy atom. The fourth-order valence-electron chi connectivity index (χ4n) is 1.85. The van der Waals surface area contributed by atoms with Crippen LogP contribution in [0.2, 0.25) is 5.02 Å². The third kappa shape index (κ3) is 6.69. The molecule has 0 aliphatic rings. The summed E-state index contributed by atoms with van der Waals surface area (Å²) >= 11 is 7.20. The van der Waals surface area contributed by atoms with E-state index in [1.54, 1.807) is 13.8 Å². The molecule has 0 aliphatic carbocycles. The zero-order chi connectivity index (χ0) is 18.3. The van der Waals surface area contributed by atoms with Crippen LogP contribution in [0.25, 0.3) is 0 Å². The number of hydrogen-bond donors (Lipinski definition) is 1. The second-order valence-electron chi connectivity index (χ2n) is 5.76. The maximum Gasteiger partial charge on any atom is 0.319 e. The largest absolute Gasteiger partial charge is 0.465 e. The van der Waals surface area contributed by atoms with Crippen molar-refractivity contribution >= 4 is 40.9 Å². The molecule has 1 N–H and O–H groups in total. The highest BCUT2D eigenvalue weighted by molar-refractivity contribution is 8.00. The van der Waals surface area contributed by atoms with E-state index in [2.05, 4.69) is 5.32 Å². The van der Waals surface area contributed by atoms with Crippen molar-refractivity contribution in [3.05, 3.63) is 23.0 Å². The molecule has 1 unspecified atom stereocenters. The van der Waals surface area contributed by atoms with Crippen molar-refractivity contribution in [1.29, 1.82) is 0 Å². The van der Waals surface area contributed by atoms with E-state index in [1.807, 2.05) is 13.8 Å². The van der Waals surface area contributed by atoms with Gasteiger partial charge in [-0.05, 0) is 38.3 Å². The summed E-state index contributed by atoms with van der Waals surface area (Å²) in [5, 5.41) is 2.26. The topological polar surface area (TPSA) is 55.4 Å². The molecule has 0 aliphatic heterocycles. The lowest BCUT2D eigenvalue weighted by Gasteiger charge is -2.14. The summed E-state index contributed by atoms with van der Waals surface area (Å²) < 4.78 is 18.9. The molecule has 1 aromatic carbocycles. The van der Waals surface area contributed by atoms with Crippen molar-refractivity contribution in [1.82, 2.24) is 0 Å². The molecule has 0 fully saturated rings. The number of esters is 1. The van der Waals surface area contributed by atoms with Gasteiger partial charge in [-0.15, -0.1) is 11.8 Å². The number of benzene rings is 1. The number of carbonyl (C=O) groups excluding carboxylic acids is 2. The molecule has 0 radical (unpaired) electrons. The van der Waals surface area contributed by atoms with Crippen LogP contribution in [0.15, 0.2) is 17.0 Å². The molecule has 24 heavy (non-hydrogen) atoms. The Morgan fingerprint density at radius 3 is 2.58 bits per heavy atom. The SMILES string of the molecule is CCOC(=O)C(C)Sc1cc(NC(=O)CCC(C)C)c(F)cc1Cl. The van der Waals surface area contributed by atoms with E-state index < -0.39 is 11.1 Å². The fraction of sp³-hybridized carbons (Fsp3) is 0.529. The number of rotatable bonds is 8. The predicted octanol–water partition coefficient (Wildman–Crippen LogP) is 4.90. The maximum absolute atomic E-state index is 14.0. The van der Waals surface area contributed by atoms with E-state index in [4.69, 9.17) is 16.3 Å². The first-order valence-corrected chi connectivity index (χ1v) is 9.12. The Morgan fingerprint density at radius 1 is 1.33 bits per heavy atom. The Bertz CT molecular complexity index is 595. The molecule has 0 spiro atoms. The Hall–Kier alpha value is -1.27. The van der Waals surface area contributed by atoms with Gasteiger partial charge >= 0.3 is 5.97 Å². The molecule has 7 heteroatoms. The van der Waals surface area contributed by atoms with Crippen molar-refractivity contribution in [3.8, 4) is 0 Å². The van der Waals surface area contributed by atoms with Crippen molar-refractivity contribution in [2.45, 2.75) is 50.7 Å². The van der Waals surface area contributed by atoms with Crippen LogP contribution < -0.4 is 5.32 Å². The molecule has 0 aromatic heterocycles. The number of thioether (sulfide) groups is 1. The highest BCUT2D eigenvalue weighted by Gasteiger charge is 2.19. The van der Waals surface area contributed by atoms with Gasteiger partial charge in [0.25, 0.3) is 0 Å². The number of nitrogens with one attached hydrogen (secondary N) is 1. The van der Waals surface area contributed by atoms with E-state index in [9.17, 15) is 14.0 Å². The van der Waals surface area contributed by atoms with Crippen LogP contribution in [0.3, 0.4) is 0 Å². The lowest BCUT2D eigenvalue weighted by Crippen LogP contribution is -2.17. The summed E-state index contributed by atoms with van der Waals surface area (Å²) in [4.78, 5) is 24.1. The standard InChI is InChI=1S/C17H23ClFNO3S/c1-5-23-17(22)11(4)24-15-9-14(13(19)8-12(15)18)20-16(21)7-6-10(2)3/h8-11H,5-7H2,1-4H3,(H,20,21). The second kappa shape index (κ2) is 9.89. The van der Waals surface area contributed by atoms with Crippen molar-refractivity contribution < 1.29 is 18.7 Å². The molecular weight excluding hydrogens is 353 g/mol. The number of ether oxygens (including phenoxy) is 1. The lowest BCUT2D eigenvalue weighted by molar-refractivity contribution is -0.142. The average molecular weight is 376 g/mol. The van der Waals surface area contributed by atoms with Gasteiger partial charge in [0.15, 0.2) is 0 Å². The van der Waals surface area contributed by atoms with Crippen LogP contribution in [-0.2, 0) is 14.3 Å². The van der Waals surface area contributed by atoms with E-state index >= 15 is 0 Å². The summed E-state index contributed by atoms with van der Waals surface area (Å²) in [5.74, 6) is -0.835. The quantitative estimate of drug-likeness (QED) is 0.518. The number of carbonyl (C=O) groups is 2. The van der Waals surface area contributed by atoms with Crippen LogP contribution in [-0.4, -0.2) is 23.7 Å². The Kier molecular flexibility index (Phi) is 8.56. The zero-order valence-electron chi connectivity index (χ0n) is 14.3. The monoisotopic (exact) mass is 375 g/mol. The van der Waals surface area contributed by atoms with Gasteiger partial charge in [0.05, 0.1) is 17.3 Å². The molecule has 0 bridgehead atoms. The minimum absolute atomic E-state index is 0.0618. The first kappa shape index (κ1) is 20.8. The number of anilines is 1. The highest BCUT2D eigenvalue weighted by atomic mass is 35.5. The molecule has 1 atom stereocenters. The molecule has 1 rings (SSSR count). The zero-order valence-corrected chi connectivity index (χ0v) is 15.9. The van der Waals surface area contributed by atoms with Crippen LogP contribution in [0, 0.1) is 11.7 Å². The average Bonchev–Trinajstić information content (AvgIpc) is 2.50. The molecule has 1 aromatic rings. The Labute approximate surface area is 151 Å². The number of amides is 1. The van der Waals surface area contributed by atoms with Crippen LogP contribution in [0.1, 0.15) is 40.5 Å². The molecule has 1 amide bonds. The lowest BCUT2D eigenvalue weighted by atomic mass is 10.1.